The van der Waals surface area contributed by atoms with Crippen molar-refractivity contribution >= 4 is 34.2 Å². The van der Waals surface area contributed by atoms with Gasteiger partial charge in [-0.15, -0.1) is 0 Å². The van der Waals surface area contributed by atoms with Crippen LogP contribution in [0.2, 0.25) is 0 Å². The van der Waals surface area contributed by atoms with E-state index in [4.69, 9.17) is 0 Å². The zero-order valence-electron chi connectivity index (χ0n) is 21.5. The molecule has 0 fully saturated rings. The maximum absolute atomic E-state index is 12.9. The quantitative estimate of drug-likeness (QED) is 0.222. The molecule has 0 unspecified atom stereocenters. The topological polar surface area (TPSA) is 134 Å². The maximum Gasteiger partial charge on any atom is 0.253 e. The van der Waals surface area contributed by atoms with Crippen LogP contribution in [0.25, 0.3) is 22.1 Å². The van der Waals surface area contributed by atoms with E-state index in [1.54, 1.807) is 0 Å². The monoisotopic (exact) mass is 496 g/mol. The number of phenols is 3. The molecule has 1 heterocycles. The maximum atomic E-state index is 12.9. The summed E-state index contributed by atoms with van der Waals surface area (Å²) in [4.78, 5) is 30.8. The van der Waals surface area contributed by atoms with E-state index in [0.717, 1.165) is 32.7 Å². The van der Waals surface area contributed by atoms with Crippen molar-refractivity contribution in [2.75, 3.05) is 52.4 Å². The number of hydrogen-bond donors (Lipinski definition) is 4. The molecule has 0 spiro atoms. The number of aromatic hydroxyl groups is 3. The van der Waals surface area contributed by atoms with Crippen molar-refractivity contribution in [3.05, 3.63) is 29.3 Å². The summed E-state index contributed by atoms with van der Waals surface area (Å²) in [5.41, 5.74) is 1.06. The van der Waals surface area contributed by atoms with Gasteiger partial charge in [-0.2, -0.15) is 0 Å². The number of nitrogens with one attached hydrogen (secondary N) is 1. The molecule has 36 heavy (non-hydrogen) atoms. The highest BCUT2D eigenvalue weighted by Gasteiger charge is 2.20. The van der Waals surface area contributed by atoms with Crippen LogP contribution in [0.4, 0.5) is 0 Å². The molecule has 0 aliphatic rings. The van der Waals surface area contributed by atoms with Gasteiger partial charge in [0.1, 0.15) is 39.3 Å². The van der Waals surface area contributed by atoms with Gasteiger partial charge >= 0.3 is 0 Å². The SMILES string of the molecule is CCN(CC)CCN=Cc1c(O)cc(O)c2nc3c(C(=O)NCCN(CC)CC)ccc(O)c3nc12. The second-order valence-corrected chi connectivity index (χ2v) is 8.42. The molecule has 0 aliphatic carbocycles. The summed E-state index contributed by atoms with van der Waals surface area (Å²) in [6.07, 6.45) is 1.50. The number of carbonyl (C=O) groups excluding carboxylic acids is 1. The summed E-state index contributed by atoms with van der Waals surface area (Å²) >= 11 is 0. The lowest BCUT2D eigenvalue weighted by molar-refractivity contribution is 0.0950. The summed E-state index contributed by atoms with van der Waals surface area (Å²) in [5.74, 6) is -0.998. The van der Waals surface area contributed by atoms with Crippen LogP contribution in [0.3, 0.4) is 0 Å². The second kappa shape index (κ2) is 12.5. The van der Waals surface area contributed by atoms with E-state index in [9.17, 15) is 20.1 Å². The molecule has 10 nitrogen and oxygen atoms in total. The van der Waals surface area contributed by atoms with Gasteiger partial charge in [-0.05, 0) is 38.3 Å². The number of rotatable bonds is 12. The smallest absolute Gasteiger partial charge is 0.253 e. The summed E-state index contributed by atoms with van der Waals surface area (Å²) in [5, 5.41) is 34.4. The number of phenolic OH excluding ortho intramolecular Hbond substituents is 3. The minimum Gasteiger partial charge on any atom is -0.507 e. The molecule has 3 aromatic rings. The van der Waals surface area contributed by atoms with Crippen LogP contribution in [0.1, 0.15) is 43.6 Å². The average Bonchev–Trinajstić information content (AvgIpc) is 2.88. The molecule has 3 rings (SSSR count). The Kier molecular flexibility index (Phi) is 9.38. The molecule has 0 aliphatic heterocycles. The van der Waals surface area contributed by atoms with Crippen molar-refractivity contribution in [2.45, 2.75) is 27.7 Å². The predicted molar refractivity (Wildman–Crippen MR) is 142 cm³/mol. The third kappa shape index (κ3) is 6.00. The molecule has 2 aromatic carbocycles. The largest absolute Gasteiger partial charge is 0.507 e. The first-order chi connectivity index (χ1) is 17.3. The Morgan fingerprint density at radius 3 is 2.14 bits per heavy atom. The molecule has 0 saturated carbocycles. The van der Waals surface area contributed by atoms with Crippen LogP contribution >= 0.6 is 0 Å². The number of carbonyl (C=O) groups is 1. The summed E-state index contributed by atoms with van der Waals surface area (Å²) in [6.45, 7) is 14.4. The van der Waals surface area contributed by atoms with E-state index >= 15 is 0 Å². The molecule has 4 N–H and O–H groups in total. The Labute approximate surface area is 211 Å². The zero-order valence-corrected chi connectivity index (χ0v) is 21.5. The van der Waals surface area contributed by atoms with Gasteiger partial charge in [-0.3, -0.25) is 9.79 Å². The highest BCUT2D eigenvalue weighted by molar-refractivity contribution is 6.10. The Hall–Kier alpha value is -3.50. The average molecular weight is 497 g/mol. The van der Waals surface area contributed by atoms with Crippen molar-refractivity contribution in [1.29, 1.82) is 0 Å². The van der Waals surface area contributed by atoms with Crippen LogP contribution in [0, 0.1) is 0 Å². The van der Waals surface area contributed by atoms with E-state index in [0.29, 0.717) is 19.6 Å². The van der Waals surface area contributed by atoms with Crippen molar-refractivity contribution in [2.24, 2.45) is 4.99 Å². The van der Waals surface area contributed by atoms with E-state index in [-0.39, 0.29) is 56.3 Å². The lowest BCUT2D eigenvalue weighted by Gasteiger charge is -2.18. The second-order valence-electron chi connectivity index (χ2n) is 8.42. The summed E-state index contributed by atoms with van der Waals surface area (Å²) in [7, 11) is 0. The molecule has 0 bridgehead atoms. The van der Waals surface area contributed by atoms with Crippen LogP contribution < -0.4 is 5.32 Å². The fourth-order valence-electron chi connectivity index (χ4n) is 4.05. The molecule has 194 valence electrons. The highest BCUT2D eigenvalue weighted by Crippen LogP contribution is 2.35. The van der Waals surface area contributed by atoms with Crippen LogP contribution in [0.5, 0.6) is 17.2 Å². The van der Waals surface area contributed by atoms with Crippen molar-refractivity contribution in [3.8, 4) is 17.2 Å². The fraction of sp³-hybridized carbons (Fsp3) is 0.462. The molecular formula is C26H36N6O4. The Morgan fingerprint density at radius 2 is 1.47 bits per heavy atom. The van der Waals surface area contributed by atoms with Crippen molar-refractivity contribution in [1.82, 2.24) is 25.1 Å². The van der Waals surface area contributed by atoms with Gasteiger partial charge in [0.2, 0.25) is 0 Å². The zero-order chi connectivity index (χ0) is 26.2. The van der Waals surface area contributed by atoms with Crippen LogP contribution in [0.15, 0.2) is 23.2 Å². The predicted octanol–water partition coefficient (Wildman–Crippen LogP) is 2.73. The number of hydrogen-bond acceptors (Lipinski definition) is 9. The molecule has 0 atom stereocenters. The van der Waals surface area contributed by atoms with E-state index in [1.807, 2.05) is 0 Å². The standard InChI is InChI=1S/C26H36N6O4/c1-5-31(6-2)13-11-27-16-18-20(34)15-21(35)25-23(18)30-24-19(33)10-9-17(22(24)29-25)26(36)28-12-14-32(7-3)8-4/h9-10,15-16,33-35H,5-8,11-14H2,1-4H3,(H,28,36). The van der Waals surface area contributed by atoms with E-state index < -0.39 is 0 Å². The van der Waals surface area contributed by atoms with Gasteiger partial charge in [0.15, 0.2) is 0 Å². The number of aromatic nitrogens is 2. The van der Waals surface area contributed by atoms with Gasteiger partial charge in [-0.1, -0.05) is 27.7 Å². The van der Waals surface area contributed by atoms with Crippen molar-refractivity contribution < 1.29 is 20.1 Å². The van der Waals surface area contributed by atoms with Gasteiger partial charge in [0.05, 0.1) is 17.7 Å². The molecule has 0 radical (unpaired) electrons. The molecule has 0 saturated heterocycles. The number of aliphatic imine (C=N–C) groups is 1. The Balaban J connectivity index is 1.99. The Bertz CT molecular complexity index is 1240. The minimum atomic E-state index is -0.350. The van der Waals surface area contributed by atoms with E-state index in [1.165, 1.54) is 24.4 Å². The number of amides is 1. The fourth-order valence-corrected chi connectivity index (χ4v) is 4.05. The van der Waals surface area contributed by atoms with E-state index in [2.05, 4.69) is 57.8 Å². The lowest BCUT2D eigenvalue weighted by atomic mass is 10.1. The first-order valence-electron chi connectivity index (χ1n) is 12.4. The molecule has 10 heteroatoms. The normalized spacial score (nSPS) is 11.9. The van der Waals surface area contributed by atoms with Gasteiger partial charge in [0.25, 0.3) is 5.91 Å². The third-order valence-corrected chi connectivity index (χ3v) is 6.36. The minimum absolute atomic E-state index is 0.0988. The summed E-state index contributed by atoms with van der Waals surface area (Å²) in [6, 6.07) is 4.06. The molecule has 1 amide bonds. The number of benzene rings is 2. The first-order valence-corrected chi connectivity index (χ1v) is 12.4. The molecule has 1 aromatic heterocycles. The number of fused-ring (bicyclic) bond motifs is 2. The van der Waals surface area contributed by atoms with Gasteiger partial charge < -0.3 is 30.4 Å². The van der Waals surface area contributed by atoms with Crippen LogP contribution in [-0.2, 0) is 0 Å². The third-order valence-electron chi connectivity index (χ3n) is 6.36. The van der Waals surface area contributed by atoms with Gasteiger partial charge in [-0.25, -0.2) is 9.97 Å². The molecular weight excluding hydrogens is 460 g/mol. The van der Waals surface area contributed by atoms with Crippen molar-refractivity contribution in [3.63, 3.8) is 0 Å². The van der Waals surface area contributed by atoms with Crippen LogP contribution in [-0.4, -0.2) is 99.6 Å². The number of nitrogens with zero attached hydrogens (tertiary/aromatic N) is 5. The number of likely N-dealkylation sites (N-methyl/N-ethyl adjacent to an activating group) is 2. The lowest BCUT2D eigenvalue weighted by Crippen LogP contribution is -2.34. The highest BCUT2D eigenvalue weighted by atomic mass is 16.3. The van der Waals surface area contributed by atoms with Gasteiger partial charge in [0, 0.05) is 31.9 Å². The first kappa shape index (κ1) is 27.1. The summed E-state index contributed by atoms with van der Waals surface area (Å²) < 4.78 is 0. The Morgan fingerprint density at radius 1 is 0.861 bits per heavy atom.